The quantitative estimate of drug-likeness (QED) is 0.459. The Bertz CT molecular complexity index is 246. The molecule has 0 heterocycles. The summed E-state index contributed by atoms with van der Waals surface area (Å²) in [4.78, 5) is 0. The SMILES string of the molecule is C.CC(C)(C)C1=CCC2(CCCCC2)CC1. The molecular weight excluding hydrogens is 192 g/mol. The van der Waals surface area contributed by atoms with Crippen LogP contribution in [0.3, 0.4) is 0 Å². The number of hydrogen-bond acceptors (Lipinski definition) is 0. The van der Waals surface area contributed by atoms with Crippen LogP contribution in [0.1, 0.15) is 79.6 Å². The Labute approximate surface area is 103 Å². The maximum atomic E-state index is 2.58. The van der Waals surface area contributed by atoms with Gasteiger partial charge >= 0.3 is 0 Å². The van der Waals surface area contributed by atoms with Gasteiger partial charge in [-0.05, 0) is 42.9 Å². The van der Waals surface area contributed by atoms with E-state index in [-0.39, 0.29) is 7.43 Å². The zero-order valence-corrected chi connectivity index (χ0v) is 10.7. The fraction of sp³-hybridized carbons (Fsp3) is 0.875. The second-order valence-electron chi connectivity index (χ2n) is 6.74. The Hall–Kier alpha value is -0.260. The smallest absolute Gasteiger partial charge is 0.0173 e. The molecule has 2 aliphatic carbocycles. The van der Waals surface area contributed by atoms with E-state index in [1.54, 1.807) is 5.57 Å². The van der Waals surface area contributed by atoms with E-state index < -0.39 is 0 Å². The third-order valence-corrected chi connectivity index (χ3v) is 4.58. The van der Waals surface area contributed by atoms with Crippen molar-refractivity contribution < 1.29 is 0 Å². The minimum absolute atomic E-state index is 0. The van der Waals surface area contributed by atoms with Crippen molar-refractivity contribution in [2.45, 2.75) is 79.6 Å². The zero-order valence-electron chi connectivity index (χ0n) is 10.7. The van der Waals surface area contributed by atoms with Gasteiger partial charge in [-0.3, -0.25) is 0 Å². The highest BCUT2D eigenvalue weighted by atomic mass is 14.4. The Morgan fingerprint density at radius 2 is 1.62 bits per heavy atom. The summed E-state index contributed by atoms with van der Waals surface area (Å²) in [7, 11) is 0. The first kappa shape index (κ1) is 13.8. The van der Waals surface area contributed by atoms with Crippen molar-refractivity contribution in [1.29, 1.82) is 0 Å². The fourth-order valence-corrected chi connectivity index (χ4v) is 3.38. The molecule has 0 aromatic heterocycles. The molecule has 0 aromatic rings. The van der Waals surface area contributed by atoms with Crippen LogP contribution in [0.25, 0.3) is 0 Å². The van der Waals surface area contributed by atoms with Gasteiger partial charge in [-0.2, -0.15) is 0 Å². The van der Waals surface area contributed by atoms with Gasteiger partial charge in [-0.15, -0.1) is 0 Å². The monoisotopic (exact) mass is 222 g/mol. The Kier molecular flexibility index (Phi) is 4.26. The maximum Gasteiger partial charge on any atom is -0.0173 e. The summed E-state index contributed by atoms with van der Waals surface area (Å²) in [6.45, 7) is 7.08. The molecule has 0 aliphatic heterocycles. The van der Waals surface area contributed by atoms with E-state index in [9.17, 15) is 0 Å². The summed E-state index contributed by atoms with van der Waals surface area (Å²) in [5.74, 6) is 0. The lowest BCUT2D eigenvalue weighted by molar-refractivity contribution is 0.162. The van der Waals surface area contributed by atoms with Gasteiger partial charge in [-0.1, -0.05) is 59.1 Å². The van der Waals surface area contributed by atoms with E-state index in [4.69, 9.17) is 0 Å². The van der Waals surface area contributed by atoms with Gasteiger partial charge in [0.05, 0.1) is 0 Å². The van der Waals surface area contributed by atoms with Gasteiger partial charge in [0.25, 0.3) is 0 Å². The number of allylic oxidation sites excluding steroid dienone is 2. The summed E-state index contributed by atoms with van der Waals surface area (Å²) in [6.07, 6.45) is 14.2. The third kappa shape index (κ3) is 2.90. The average Bonchev–Trinajstić information content (AvgIpc) is 2.18. The molecule has 0 nitrogen and oxygen atoms in total. The summed E-state index contributed by atoms with van der Waals surface area (Å²) in [5, 5.41) is 0. The van der Waals surface area contributed by atoms with Crippen molar-refractivity contribution in [3.8, 4) is 0 Å². The standard InChI is InChI=1S/C15H26.CH4/c1-14(2,3)13-7-11-15(12-8-13)9-5-4-6-10-15;/h7H,4-6,8-12H2,1-3H3;1H4. The zero-order chi connectivity index (χ0) is 10.9. The Balaban J connectivity index is 0.00000128. The molecule has 0 radical (unpaired) electrons. The molecule has 1 fully saturated rings. The molecule has 0 aromatic carbocycles. The van der Waals surface area contributed by atoms with E-state index in [1.807, 2.05) is 0 Å². The Morgan fingerprint density at radius 3 is 2.06 bits per heavy atom. The van der Waals surface area contributed by atoms with Gasteiger partial charge in [0.2, 0.25) is 0 Å². The second-order valence-corrected chi connectivity index (χ2v) is 6.74. The molecule has 0 atom stereocenters. The van der Waals surface area contributed by atoms with Crippen LogP contribution in [0.4, 0.5) is 0 Å². The molecule has 1 saturated carbocycles. The van der Waals surface area contributed by atoms with Crippen molar-refractivity contribution in [3.05, 3.63) is 11.6 Å². The summed E-state index contributed by atoms with van der Waals surface area (Å²) in [6, 6.07) is 0. The molecule has 0 amide bonds. The maximum absolute atomic E-state index is 2.58. The van der Waals surface area contributed by atoms with Gasteiger partial charge < -0.3 is 0 Å². The van der Waals surface area contributed by atoms with E-state index in [0.717, 1.165) is 5.41 Å². The topological polar surface area (TPSA) is 0 Å². The largest absolute Gasteiger partial charge is 0.0842 e. The summed E-state index contributed by atoms with van der Waals surface area (Å²) < 4.78 is 0. The minimum atomic E-state index is 0. The first-order valence-corrected chi connectivity index (χ1v) is 6.71. The van der Waals surface area contributed by atoms with Crippen molar-refractivity contribution in [1.82, 2.24) is 0 Å². The van der Waals surface area contributed by atoms with Gasteiger partial charge in [-0.25, -0.2) is 0 Å². The second kappa shape index (κ2) is 4.94. The Morgan fingerprint density at radius 1 is 1.00 bits per heavy atom. The number of rotatable bonds is 0. The van der Waals surface area contributed by atoms with E-state index in [2.05, 4.69) is 26.8 Å². The van der Waals surface area contributed by atoms with Crippen LogP contribution in [-0.4, -0.2) is 0 Å². The van der Waals surface area contributed by atoms with E-state index >= 15 is 0 Å². The minimum Gasteiger partial charge on any atom is -0.0842 e. The fourth-order valence-electron chi connectivity index (χ4n) is 3.38. The van der Waals surface area contributed by atoms with E-state index in [0.29, 0.717) is 5.41 Å². The molecule has 0 heteroatoms. The summed E-state index contributed by atoms with van der Waals surface area (Å²) in [5.41, 5.74) is 2.85. The van der Waals surface area contributed by atoms with Crippen LogP contribution < -0.4 is 0 Å². The van der Waals surface area contributed by atoms with Crippen molar-refractivity contribution in [2.24, 2.45) is 10.8 Å². The highest BCUT2D eigenvalue weighted by Gasteiger charge is 2.34. The molecule has 0 bridgehead atoms. The molecule has 2 aliphatic rings. The predicted octanol–water partition coefficient (Wildman–Crippen LogP) is 5.73. The average molecular weight is 222 g/mol. The lowest BCUT2D eigenvalue weighted by Gasteiger charge is -2.41. The molecule has 1 spiro atoms. The molecule has 0 saturated heterocycles. The molecule has 16 heavy (non-hydrogen) atoms. The summed E-state index contributed by atoms with van der Waals surface area (Å²) >= 11 is 0. The number of hydrogen-bond donors (Lipinski definition) is 0. The molecule has 0 unspecified atom stereocenters. The van der Waals surface area contributed by atoms with E-state index in [1.165, 1.54) is 51.4 Å². The third-order valence-electron chi connectivity index (χ3n) is 4.58. The first-order chi connectivity index (χ1) is 7.02. The van der Waals surface area contributed by atoms with Gasteiger partial charge in [0, 0.05) is 0 Å². The predicted molar refractivity (Wildman–Crippen MR) is 73.6 cm³/mol. The van der Waals surface area contributed by atoms with Gasteiger partial charge in [0.15, 0.2) is 0 Å². The lowest BCUT2D eigenvalue weighted by atomic mass is 9.64. The first-order valence-electron chi connectivity index (χ1n) is 6.71. The highest BCUT2D eigenvalue weighted by molar-refractivity contribution is 5.16. The molecule has 0 N–H and O–H groups in total. The highest BCUT2D eigenvalue weighted by Crippen LogP contribution is 2.49. The van der Waals surface area contributed by atoms with Crippen LogP contribution in [0.2, 0.25) is 0 Å². The normalized spacial score (nSPS) is 24.8. The molecule has 2 rings (SSSR count). The van der Waals surface area contributed by atoms with Crippen LogP contribution in [0, 0.1) is 10.8 Å². The lowest BCUT2D eigenvalue weighted by Crippen LogP contribution is -2.28. The van der Waals surface area contributed by atoms with Crippen LogP contribution >= 0.6 is 0 Å². The van der Waals surface area contributed by atoms with Gasteiger partial charge in [0.1, 0.15) is 0 Å². The molecular formula is C16H30. The van der Waals surface area contributed by atoms with Crippen LogP contribution in [0.5, 0.6) is 0 Å². The van der Waals surface area contributed by atoms with Crippen LogP contribution in [-0.2, 0) is 0 Å². The van der Waals surface area contributed by atoms with Crippen molar-refractivity contribution in [2.75, 3.05) is 0 Å². The van der Waals surface area contributed by atoms with Crippen LogP contribution in [0.15, 0.2) is 11.6 Å². The van der Waals surface area contributed by atoms with Crippen molar-refractivity contribution in [3.63, 3.8) is 0 Å². The molecule has 94 valence electrons. The van der Waals surface area contributed by atoms with Crippen molar-refractivity contribution >= 4 is 0 Å².